The summed E-state index contributed by atoms with van der Waals surface area (Å²) in [5.74, 6) is -1.64. The lowest BCUT2D eigenvalue weighted by atomic mass is 10.1. The topological polar surface area (TPSA) is 103 Å². The first kappa shape index (κ1) is 20.0. The second kappa shape index (κ2) is 7.96. The molecular weight excluding hydrogens is 422 g/mol. The van der Waals surface area contributed by atoms with Crippen LogP contribution in [0.3, 0.4) is 0 Å². The molecule has 32 heavy (non-hydrogen) atoms. The number of nitrogens with zero attached hydrogens (tertiary/aromatic N) is 7. The second-order valence-corrected chi connectivity index (χ2v) is 7.26. The molecule has 0 aliphatic carbocycles. The molecule has 0 saturated carbocycles. The van der Waals surface area contributed by atoms with Crippen LogP contribution in [0, 0.1) is 11.6 Å². The summed E-state index contributed by atoms with van der Waals surface area (Å²) in [5.41, 5.74) is 0.891. The summed E-state index contributed by atoms with van der Waals surface area (Å²) < 4.78 is 38.0. The quantitative estimate of drug-likeness (QED) is 0.506. The molecule has 1 aliphatic rings. The zero-order chi connectivity index (χ0) is 22.2. The van der Waals surface area contributed by atoms with Crippen LogP contribution in [0.5, 0.6) is 0 Å². The van der Waals surface area contributed by atoms with E-state index in [0.717, 1.165) is 6.07 Å². The number of halogens is 2. The Bertz CT molecular complexity index is 1320. The molecule has 10 nitrogen and oxygen atoms in total. The van der Waals surface area contributed by atoms with Crippen LogP contribution < -0.4 is 10.2 Å². The Labute approximate surface area is 180 Å². The number of morpholine rings is 1. The number of hydrogen-bond acceptors (Lipinski definition) is 7. The molecule has 0 unspecified atom stereocenters. The zero-order valence-electron chi connectivity index (χ0n) is 17.0. The molecule has 1 fully saturated rings. The molecule has 0 bridgehead atoms. The number of carbonyl (C=O) groups is 1. The van der Waals surface area contributed by atoms with Crippen LogP contribution in [0.15, 0.2) is 36.9 Å². The average molecular weight is 440 g/mol. The van der Waals surface area contributed by atoms with Gasteiger partial charge in [-0.3, -0.25) is 9.48 Å². The Morgan fingerprint density at radius 2 is 2.06 bits per heavy atom. The maximum Gasteiger partial charge on any atom is 0.253 e. The van der Waals surface area contributed by atoms with Crippen LogP contribution in [0.1, 0.15) is 5.56 Å². The van der Waals surface area contributed by atoms with Gasteiger partial charge in [-0.25, -0.2) is 18.4 Å². The van der Waals surface area contributed by atoms with Crippen molar-refractivity contribution in [1.29, 1.82) is 0 Å². The van der Waals surface area contributed by atoms with Crippen LogP contribution in [0.2, 0.25) is 0 Å². The fourth-order valence-electron chi connectivity index (χ4n) is 3.52. The molecule has 1 aliphatic heterocycles. The van der Waals surface area contributed by atoms with Crippen LogP contribution in [0.4, 0.5) is 26.1 Å². The van der Waals surface area contributed by atoms with Crippen LogP contribution in [-0.2, 0) is 23.1 Å². The van der Waals surface area contributed by atoms with E-state index in [4.69, 9.17) is 4.74 Å². The van der Waals surface area contributed by atoms with Gasteiger partial charge in [0.2, 0.25) is 5.95 Å². The lowest BCUT2D eigenvalue weighted by molar-refractivity contribution is -0.125. The standard InChI is InChI=1S/C20H18F2N8O2/c1-28-9-13(8-24-28)26-20-23-6-12-7-25-30(19(12)27-20)10-14-15(21)2-3-16(18(14)22)29-4-5-32-11-17(29)31/h2-3,6-9H,4-5,10-11H2,1H3,(H,23,26,27). The number of aryl methyl sites for hydroxylation is 1. The zero-order valence-corrected chi connectivity index (χ0v) is 17.0. The highest BCUT2D eigenvalue weighted by Crippen LogP contribution is 2.27. The molecule has 0 atom stereocenters. The van der Waals surface area contributed by atoms with E-state index in [1.165, 1.54) is 21.8 Å². The summed E-state index contributed by atoms with van der Waals surface area (Å²) >= 11 is 0. The Hall–Kier alpha value is -3.93. The Morgan fingerprint density at radius 3 is 2.84 bits per heavy atom. The van der Waals surface area contributed by atoms with Gasteiger partial charge in [-0.1, -0.05) is 0 Å². The van der Waals surface area contributed by atoms with Crippen molar-refractivity contribution in [2.75, 3.05) is 30.0 Å². The summed E-state index contributed by atoms with van der Waals surface area (Å²) in [7, 11) is 1.78. The molecule has 0 radical (unpaired) electrons. The van der Waals surface area contributed by atoms with Gasteiger partial charge >= 0.3 is 0 Å². The number of anilines is 3. The summed E-state index contributed by atoms with van der Waals surface area (Å²) in [5, 5.41) is 11.9. The average Bonchev–Trinajstić information content (AvgIpc) is 3.37. The van der Waals surface area contributed by atoms with Crippen molar-refractivity contribution < 1.29 is 18.3 Å². The minimum absolute atomic E-state index is 0.0136. The van der Waals surface area contributed by atoms with E-state index in [1.54, 1.807) is 30.3 Å². The van der Waals surface area contributed by atoms with Crippen molar-refractivity contribution in [3.63, 3.8) is 0 Å². The minimum Gasteiger partial charge on any atom is -0.370 e. The summed E-state index contributed by atoms with van der Waals surface area (Å²) in [6.07, 6.45) is 6.47. The number of rotatable bonds is 5. The Kier molecular flexibility index (Phi) is 4.98. The molecule has 4 heterocycles. The monoisotopic (exact) mass is 440 g/mol. The number of carbonyl (C=O) groups excluding carboxylic acids is 1. The van der Waals surface area contributed by atoms with Gasteiger partial charge in [0, 0.05) is 31.5 Å². The first-order valence-electron chi connectivity index (χ1n) is 9.79. The van der Waals surface area contributed by atoms with Crippen molar-refractivity contribution in [3.05, 3.63) is 54.1 Å². The Balaban J connectivity index is 1.48. The summed E-state index contributed by atoms with van der Waals surface area (Å²) in [6.45, 7) is 0.129. The smallest absolute Gasteiger partial charge is 0.253 e. The van der Waals surface area contributed by atoms with Crippen molar-refractivity contribution in [1.82, 2.24) is 29.5 Å². The number of fused-ring (bicyclic) bond motifs is 1. The molecule has 1 N–H and O–H groups in total. The molecular formula is C20H18F2N8O2. The minimum atomic E-state index is -0.813. The van der Waals surface area contributed by atoms with Crippen LogP contribution in [0.25, 0.3) is 11.0 Å². The molecule has 5 rings (SSSR count). The van der Waals surface area contributed by atoms with E-state index in [-0.39, 0.29) is 43.5 Å². The highest BCUT2D eigenvalue weighted by molar-refractivity contribution is 5.95. The van der Waals surface area contributed by atoms with Crippen LogP contribution >= 0.6 is 0 Å². The SMILES string of the molecule is Cn1cc(Nc2ncc3cnn(Cc4c(F)ccc(N5CCOCC5=O)c4F)c3n2)cn1. The first-order chi connectivity index (χ1) is 15.5. The van der Waals surface area contributed by atoms with Gasteiger partial charge < -0.3 is 15.0 Å². The van der Waals surface area contributed by atoms with E-state index in [0.29, 0.717) is 22.7 Å². The first-order valence-corrected chi connectivity index (χ1v) is 9.79. The third-order valence-electron chi connectivity index (χ3n) is 5.09. The van der Waals surface area contributed by atoms with Crippen molar-refractivity contribution in [3.8, 4) is 0 Å². The van der Waals surface area contributed by atoms with Gasteiger partial charge in [0.15, 0.2) is 11.5 Å². The fraction of sp³-hybridized carbons (Fsp3) is 0.250. The molecule has 1 aromatic carbocycles. The third-order valence-corrected chi connectivity index (χ3v) is 5.09. The summed E-state index contributed by atoms with van der Waals surface area (Å²) in [4.78, 5) is 22.1. The molecule has 3 aromatic heterocycles. The van der Waals surface area contributed by atoms with E-state index in [9.17, 15) is 9.18 Å². The molecule has 0 spiro atoms. The largest absolute Gasteiger partial charge is 0.370 e. The number of amides is 1. The summed E-state index contributed by atoms with van der Waals surface area (Å²) in [6, 6.07) is 2.41. The van der Waals surface area contributed by atoms with Gasteiger partial charge in [0.05, 0.1) is 42.3 Å². The lowest BCUT2D eigenvalue weighted by Crippen LogP contribution is -2.42. The predicted molar refractivity (Wildman–Crippen MR) is 110 cm³/mol. The van der Waals surface area contributed by atoms with Gasteiger partial charge in [-0.2, -0.15) is 15.2 Å². The van der Waals surface area contributed by atoms with Crippen LogP contribution in [-0.4, -0.2) is 55.2 Å². The maximum atomic E-state index is 15.3. The van der Waals surface area contributed by atoms with Gasteiger partial charge in [0.1, 0.15) is 12.4 Å². The highest BCUT2D eigenvalue weighted by atomic mass is 19.1. The fourth-order valence-corrected chi connectivity index (χ4v) is 3.52. The molecule has 1 saturated heterocycles. The van der Waals surface area contributed by atoms with E-state index >= 15 is 4.39 Å². The van der Waals surface area contributed by atoms with Gasteiger partial charge in [-0.15, -0.1) is 0 Å². The van der Waals surface area contributed by atoms with E-state index < -0.39 is 11.6 Å². The normalized spacial score (nSPS) is 14.3. The number of benzene rings is 1. The maximum absolute atomic E-state index is 15.3. The highest BCUT2D eigenvalue weighted by Gasteiger charge is 2.26. The third kappa shape index (κ3) is 3.64. The number of aromatic nitrogens is 6. The van der Waals surface area contributed by atoms with Gasteiger partial charge in [0.25, 0.3) is 5.91 Å². The molecule has 164 valence electrons. The van der Waals surface area contributed by atoms with Gasteiger partial charge in [-0.05, 0) is 12.1 Å². The molecule has 4 aromatic rings. The van der Waals surface area contributed by atoms with Crippen molar-refractivity contribution in [2.45, 2.75) is 6.54 Å². The second-order valence-electron chi connectivity index (χ2n) is 7.26. The van der Waals surface area contributed by atoms with Crippen molar-refractivity contribution >= 4 is 34.3 Å². The number of nitrogens with one attached hydrogen (secondary N) is 1. The lowest BCUT2D eigenvalue weighted by Gasteiger charge is -2.27. The number of hydrogen-bond donors (Lipinski definition) is 1. The van der Waals surface area contributed by atoms with E-state index in [2.05, 4.69) is 25.5 Å². The molecule has 1 amide bonds. The molecule has 12 heteroatoms. The predicted octanol–water partition coefficient (Wildman–Crippen LogP) is 1.99. The van der Waals surface area contributed by atoms with E-state index in [1.807, 2.05) is 0 Å². The Morgan fingerprint density at radius 1 is 1.19 bits per heavy atom. The van der Waals surface area contributed by atoms with Crippen molar-refractivity contribution in [2.24, 2.45) is 7.05 Å². The number of ether oxygens (including phenoxy) is 1.